The number of carbonyl (C=O) groups excluding carboxylic acids is 1. The maximum absolute atomic E-state index is 11.8. The summed E-state index contributed by atoms with van der Waals surface area (Å²) in [5, 5.41) is 1.76. The number of amides is 1. The third kappa shape index (κ3) is 2.49. The topological polar surface area (TPSA) is 45.7 Å². The summed E-state index contributed by atoms with van der Waals surface area (Å²) in [6.45, 7) is 2.31. The molecule has 23 heavy (non-hydrogen) atoms. The number of aromatic nitrogens is 1. The van der Waals surface area contributed by atoms with E-state index in [2.05, 4.69) is 9.88 Å². The van der Waals surface area contributed by atoms with Crippen molar-refractivity contribution >= 4 is 34.3 Å². The van der Waals surface area contributed by atoms with E-state index in [4.69, 9.17) is 16.3 Å². The Morgan fingerprint density at radius 2 is 2.17 bits per heavy atom. The first-order chi connectivity index (χ1) is 11.1. The first kappa shape index (κ1) is 14.6. The minimum atomic E-state index is -0.397. The van der Waals surface area contributed by atoms with Crippen molar-refractivity contribution in [1.82, 2.24) is 9.88 Å². The Kier molecular flexibility index (Phi) is 3.34. The van der Waals surface area contributed by atoms with Crippen LogP contribution in [0.25, 0.3) is 10.9 Å². The van der Waals surface area contributed by atoms with Crippen LogP contribution in [0.4, 0.5) is 10.5 Å². The number of likely N-dealkylation sites (N-methyl/N-ethyl adjacent to an activating group) is 1. The molecule has 2 saturated heterocycles. The second-order valence-electron chi connectivity index (χ2n) is 6.42. The summed E-state index contributed by atoms with van der Waals surface area (Å²) in [6, 6.07) is 7.80. The van der Waals surface area contributed by atoms with Gasteiger partial charge in [-0.25, -0.2) is 4.79 Å². The van der Waals surface area contributed by atoms with Crippen LogP contribution in [0.3, 0.4) is 0 Å². The van der Waals surface area contributed by atoms with Crippen molar-refractivity contribution in [1.29, 1.82) is 0 Å². The van der Waals surface area contributed by atoms with Crippen molar-refractivity contribution in [2.45, 2.75) is 18.4 Å². The molecule has 120 valence electrons. The van der Waals surface area contributed by atoms with Gasteiger partial charge in [-0.05, 0) is 37.1 Å². The molecule has 1 spiro atoms. The summed E-state index contributed by atoms with van der Waals surface area (Å²) in [5.74, 6) is 0. The zero-order valence-corrected chi connectivity index (χ0v) is 13.7. The van der Waals surface area contributed by atoms with Gasteiger partial charge in [-0.2, -0.15) is 0 Å². The van der Waals surface area contributed by atoms with Crippen LogP contribution in [-0.4, -0.2) is 48.3 Å². The number of ether oxygens (including phenoxy) is 1. The van der Waals surface area contributed by atoms with E-state index in [0.29, 0.717) is 18.1 Å². The molecular formula is C17H18ClN3O2. The lowest BCUT2D eigenvalue weighted by atomic mass is 9.92. The van der Waals surface area contributed by atoms with E-state index in [1.807, 2.05) is 30.5 Å². The standard InChI is InChI=1S/C17H18ClN3O2/c1-20-10-17(23-16(20)22)6-2-8-21(11-17)15-5-7-19-14-9-12(18)3-4-13(14)15/h3-5,7,9H,2,6,8,10-11H2,1H3. The van der Waals surface area contributed by atoms with Gasteiger partial charge in [0.1, 0.15) is 5.60 Å². The Hall–Kier alpha value is -2.01. The van der Waals surface area contributed by atoms with Crippen LogP contribution < -0.4 is 4.90 Å². The van der Waals surface area contributed by atoms with Gasteiger partial charge >= 0.3 is 6.09 Å². The van der Waals surface area contributed by atoms with E-state index in [1.54, 1.807) is 11.9 Å². The van der Waals surface area contributed by atoms with E-state index >= 15 is 0 Å². The zero-order valence-electron chi connectivity index (χ0n) is 13.0. The Labute approximate surface area is 139 Å². The highest BCUT2D eigenvalue weighted by Crippen LogP contribution is 2.36. The van der Waals surface area contributed by atoms with Gasteiger partial charge in [0.05, 0.1) is 18.6 Å². The quantitative estimate of drug-likeness (QED) is 0.804. The molecular weight excluding hydrogens is 314 g/mol. The monoisotopic (exact) mass is 331 g/mol. The van der Waals surface area contributed by atoms with Crippen molar-refractivity contribution in [3.8, 4) is 0 Å². The van der Waals surface area contributed by atoms with Crippen LogP contribution in [-0.2, 0) is 4.74 Å². The number of pyridine rings is 1. The van der Waals surface area contributed by atoms with Crippen molar-refractivity contribution < 1.29 is 9.53 Å². The number of hydrogen-bond acceptors (Lipinski definition) is 4. The van der Waals surface area contributed by atoms with Gasteiger partial charge in [-0.1, -0.05) is 11.6 Å². The van der Waals surface area contributed by atoms with Gasteiger partial charge in [-0.15, -0.1) is 0 Å². The summed E-state index contributed by atoms with van der Waals surface area (Å²) in [4.78, 5) is 20.2. The van der Waals surface area contributed by atoms with Gasteiger partial charge < -0.3 is 14.5 Å². The van der Waals surface area contributed by atoms with Gasteiger partial charge in [0, 0.05) is 35.9 Å². The summed E-state index contributed by atoms with van der Waals surface area (Å²) in [5.41, 5.74) is 1.61. The normalized spacial score (nSPS) is 24.5. The number of benzene rings is 1. The molecule has 1 unspecified atom stereocenters. The molecule has 0 aliphatic carbocycles. The molecule has 2 aromatic rings. The fourth-order valence-corrected chi connectivity index (χ4v) is 3.86. The molecule has 1 atom stereocenters. The maximum atomic E-state index is 11.8. The van der Waals surface area contributed by atoms with Crippen LogP contribution in [0.1, 0.15) is 12.8 Å². The lowest BCUT2D eigenvalue weighted by molar-refractivity contribution is 0.0448. The second kappa shape index (κ2) is 5.27. The molecule has 3 heterocycles. The van der Waals surface area contributed by atoms with Crippen molar-refractivity contribution in [3.05, 3.63) is 35.5 Å². The molecule has 1 aromatic heterocycles. The predicted molar refractivity (Wildman–Crippen MR) is 90.0 cm³/mol. The summed E-state index contributed by atoms with van der Waals surface area (Å²) in [6.07, 6.45) is 3.49. The summed E-state index contributed by atoms with van der Waals surface area (Å²) in [7, 11) is 1.79. The molecule has 2 aliphatic heterocycles. The average Bonchev–Trinajstić information content (AvgIpc) is 2.80. The molecule has 2 aliphatic rings. The number of halogens is 1. The van der Waals surface area contributed by atoms with Crippen LogP contribution in [0.15, 0.2) is 30.5 Å². The largest absolute Gasteiger partial charge is 0.439 e. The number of nitrogens with zero attached hydrogens (tertiary/aromatic N) is 3. The van der Waals surface area contributed by atoms with E-state index in [0.717, 1.165) is 36.0 Å². The van der Waals surface area contributed by atoms with E-state index in [1.165, 1.54) is 0 Å². The number of anilines is 1. The molecule has 6 heteroatoms. The Balaban J connectivity index is 1.70. The Morgan fingerprint density at radius 1 is 1.30 bits per heavy atom. The molecule has 2 fully saturated rings. The Morgan fingerprint density at radius 3 is 2.96 bits per heavy atom. The molecule has 0 N–H and O–H groups in total. The molecule has 5 nitrogen and oxygen atoms in total. The molecule has 0 radical (unpaired) electrons. The van der Waals surface area contributed by atoms with E-state index in [9.17, 15) is 4.79 Å². The molecule has 1 aromatic carbocycles. The number of rotatable bonds is 1. The molecule has 4 rings (SSSR count). The first-order valence-corrected chi connectivity index (χ1v) is 8.17. The SMILES string of the molecule is CN1CC2(CCCN(c3ccnc4cc(Cl)ccc34)C2)OC1=O. The van der Waals surface area contributed by atoms with Gasteiger partial charge in [-0.3, -0.25) is 4.98 Å². The second-order valence-corrected chi connectivity index (χ2v) is 6.86. The minimum absolute atomic E-state index is 0.224. The summed E-state index contributed by atoms with van der Waals surface area (Å²) >= 11 is 6.07. The lowest BCUT2D eigenvalue weighted by Crippen LogP contribution is -2.50. The highest BCUT2D eigenvalue weighted by Gasteiger charge is 2.46. The predicted octanol–water partition coefficient (Wildman–Crippen LogP) is 3.31. The maximum Gasteiger partial charge on any atom is 0.410 e. The fourth-order valence-electron chi connectivity index (χ4n) is 3.69. The van der Waals surface area contributed by atoms with E-state index in [-0.39, 0.29) is 6.09 Å². The average molecular weight is 332 g/mol. The number of piperidine rings is 1. The van der Waals surface area contributed by atoms with Crippen LogP contribution in [0, 0.1) is 0 Å². The van der Waals surface area contributed by atoms with Crippen molar-refractivity contribution in [2.24, 2.45) is 0 Å². The summed E-state index contributed by atoms with van der Waals surface area (Å²) < 4.78 is 5.69. The van der Waals surface area contributed by atoms with E-state index < -0.39 is 5.60 Å². The van der Waals surface area contributed by atoms with Crippen LogP contribution >= 0.6 is 11.6 Å². The van der Waals surface area contributed by atoms with Gasteiger partial charge in [0.2, 0.25) is 0 Å². The third-order valence-corrected chi connectivity index (χ3v) is 4.94. The zero-order chi connectivity index (χ0) is 16.0. The number of hydrogen-bond donors (Lipinski definition) is 0. The van der Waals surface area contributed by atoms with Crippen molar-refractivity contribution in [3.63, 3.8) is 0 Å². The van der Waals surface area contributed by atoms with Gasteiger partial charge in [0.25, 0.3) is 0 Å². The first-order valence-electron chi connectivity index (χ1n) is 7.80. The number of carbonyl (C=O) groups is 1. The lowest BCUT2D eigenvalue weighted by Gasteiger charge is -2.40. The molecule has 0 bridgehead atoms. The smallest absolute Gasteiger partial charge is 0.410 e. The third-order valence-electron chi connectivity index (χ3n) is 4.70. The highest BCUT2D eigenvalue weighted by atomic mass is 35.5. The Bertz CT molecular complexity index is 782. The fraction of sp³-hybridized carbons (Fsp3) is 0.412. The van der Waals surface area contributed by atoms with Crippen molar-refractivity contribution in [2.75, 3.05) is 31.6 Å². The minimum Gasteiger partial charge on any atom is -0.439 e. The van der Waals surface area contributed by atoms with Crippen LogP contribution in [0.2, 0.25) is 5.02 Å². The number of fused-ring (bicyclic) bond motifs is 1. The van der Waals surface area contributed by atoms with Crippen LogP contribution in [0.5, 0.6) is 0 Å². The van der Waals surface area contributed by atoms with Gasteiger partial charge in [0.15, 0.2) is 0 Å². The molecule has 1 amide bonds. The molecule has 0 saturated carbocycles. The highest BCUT2D eigenvalue weighted by molar-refractivity contribution is 6.31.